The molecule has 0 unspecified atom stereocenters. The molecule has 14 heavy (non-hydrogen) atoms. The van der Waals surface area contributed by atoms with Crippen molar-refractivity contribution in [3.8, 4) is 12.3 Å². The van der Waals surface area contributed by atoms with Gasteiger partial charge in [-0.1, -0.05) is 18.1 Å². The first kappa shape index (κ1) is 12.7. The monoisotopic (exact) mass is 194 g/mol. The van der Waals surface area contributed by atoms with Crippen LogP contribution in [0.1, 0.15) is 13.8 Å². The number of hydrogen-bond donors (Lipinski definition) is 1. The highest BCUT2D eigenvalue weighted by atomic mass is 16.2. The second-order valence-electron chi connectivity index (χ2n) is 3.17. The molecule has 0 saturated heterocycles. The van der Waals surface area contributed by atoms with Gasteiger partial charge in [-0.05, 0) is 13.8 Å². The number of amides is 1. The van der Waals surface area contributed by atoms with E-state index in [1.54, 1.807) is 4.90 Å². The van der Waals surface area contributed by atoms with E-state index in [1.165, 1.54) is 0 Å². The molecular formula is C11H18N2O. The molecule has 0 aromatic rings. The molecule has 0 atom stereocenters. The first-order valence-electron chi connectivity index (χ1n) is 4.68. The summed E-state index contributed by atoms with van der Waals surface area (Å²) in [6.45, 7) is 9.67. The summed E-state index contributed by atoms with van der Waals surface area (Å²) in [6.07, 6.45) is 5.05. The van der Waals surface area contributed by atoms with Crippen LogP contribution in [0.4, 0.5) is 0 Å². The summed E-state index contributed by atoms with van der Waals surface area (Å²) in [5, 5.41) is 2.87. The Balaban J connectivity index is 3.93. The molecule has 0 aliphatic heterocycles. The average Bonchev–Trinajstić information content (AvgIpc) is 2.14. The first-order valence-corrected chi connectivity index (χ1v) is 4.68. The summed E-state index contributed by atoms with van der Waals surface area (Å²) >= 11 is 0. The van der Waals surface area contributed by atoms with Gasteiger partial charge in [-0.3, -0.25) is 10.1 Å². The third-order valence-electron chi connectivity index (χ3n) is 1.70. The van der Waals surface area contributed by atoms with Crippen molar-refractivity contribution >= 4 is 5.91 Å². The van der Waals surface area contributed by atoms with E-state index in [2.05, 4.69) is 17.8 Å². The zero-order valence-electron chi connectivity index (χ0n) is 8.97. The summed E-state index contributed by atoms with van der Waals surface area (Å²) < 4.78 is 0. The Morgan fingerprint density at radius 2 is 2.29 bits per heavy atom. The van der Waals surface area contributed by atoms with Gasteiger partial charge in [0, 0.05) is 13.1 Å². The van der Waals surface area contributed by atoms with E-state index >= 15 is 0 Å². The second kappa shape index (κ2) is 7.16. The van der Waals surface area contributed by atoms with Crippen molar-refractivity contribution in [2.75, 3.05) is 26.2 Å². The standard InChI is InChI=1S/C11H18N2O/c1-5-7-12-8-11(14)13(6-2)9-10(3)4/h1,12H,3,6-9H2,2,4H3. The topological polar surface area (TPSA) is 32.3 Å². The number of nitrogens with one attached hydrogen (secondary N) is 1. The molecule has 0 aromatic carbocycles. The molecule has 1 N–H and O–H groups in total. The maximum atomic E-state index is 11.5. The normalized spacial score (nSPS) is 9.21. The molecule has 0 spiro atoms. The summed E-state index contributed by atoms with van der Waals surface area (Å²) in [6, 6.07) is 0. The van der Waals surface area contributed by atoms with Gasteiger partial charge in [-0.25, -0.2) is 0 Å². The van der Waals surface area contributed by atoms with Crippen LogP contribution in [-0.2, 0) is 4.79 Å². The third kappa shape index (κ3) is 5.39. The molecule has 78 valence electrons. The van der Waals surface area contributed by atoms with Crippen LogP contribution in [0.3, 0.4) is 0 Å². The van der Waals surface area contributed by atoms with Crippen LogP contribution in [-0.4, -0.2) is 37.0 Å². The summed E-state index contributed by atoms with van der Waals surface area (Å²) in [5.74, 6) is 2.48. The van der Waals surface area contributed by atoms with Gasteiger partial charge in [0.15, 0.2) is 0 Å². The molecule has 0 heterocycles. The minimum Gasteiger partial charge on any atom is -0.338 e. The highest BCUT2D eigenvalue weighted by molar-refractivity contribution is 5.78. The lowest BCUT2D eigenvalue weighted by Gasteiger charge is -2.20. The van der Waals surface area contributed by atoms with Crippen LogP contribution in [0.25, 0.3) is 0 Å². The Hall–Kier alpha value is -1.27. The second-order valence-corrected chi connectivity index (χ2v) is 3.17. The van der Waals surface area contributed by atoms with Gasteiger partial charge in [0.2, 0.25) is 5.91 Å². The van der Waals surface area contributed by atoms with Crippen LogP contribution >= 0.6 is 0 Å². The first-order chi connectivity index (χ1) is 6.61. The minimum atomic E-state index is 0.0609. The lowest BCUT2D eigenvalue weighted by Crippen LogP contribution is -2.39. The van der Waals surface area contributed by atoms with Gasteiger partial charge < -0.3 is 4.90 Å². The Morgan fingerprint density at radius 3 is 2.71 bits per heavy atom. The van der Waals surface area contributed by atoms with Gasteiger partial charge in [0.05, 0.1) is 13.1 Å². The van der Waals surface area contributed by atoms with Crippen molar-refractivity contribution in [3.05, 3.63) is 12.2 Å². The molecule has 0 bridgehead atoms. The lowest BCUT2D eigenvalue weighted by atomic mass is 10.3. The molecule has 1 amide bonds. The summed E-state index contributed by atoms with van der Waals surface area (Å²) in [5.41, 5.74) is 0.983. The van der Waals surface area contributed by atoms with Crippen LogP contribution in [0.15, 0.2) is 12.2 Å². The average molecular weight is 194 g/mol. The number of hydrogen-bond acceptors (Lipinski definition) is 2. The van der Waals surface area contributed by atoms with E-state index in [4.69, 9.17) is 6.42 Å². The maximum absolute atomic E-state index is 11.5. The Bertz CT molecular complexity index is 240. The SMILES string of the molecule is C#CCNCC(=O)N(CC)CC(=C)C. The largest absolute Gasteiger partial charge is 0.338 e. The quantitative estimate of drug-likeness (QED) is 0.382. The molecule has 0 radical (unpaired) electrons. The fraction of sp³-hybridized carbons (Fsp3) is 0.545. The van der Waals surface area contributed by atoms with Crippen LogP contribution in [0.5, 0.6) is 0 Å². The van der Waals surface area contributed by atoms with E-state index < -0.39 is 0 Å². The highest BCUT2D eigenvalue weighted by Crippen LogP contribution is 1.95. The van der Waals surface area contributed by atoms with Gasteiger partial charge in [-0.15, -0.1) is 6.42 Å². The molecule has 0 aromatic heterocycles. The third-order valence-corrected chi connectivity index (χ3v) is 1.70. The van der Waals surface area contributed by atoms with Crippen LogP contribution in [0.2, 0.25) is 0 Å². The van der Waals surface area contributed by atoms with E-state index in [-0.39, 0.29) is 5.91 Å². The molecule has 0 aliphatic carbocycles. The maximum Gasteiger partial charge on any atom is 0.236 e. The van der Waals surface area contributed by atoms with Gasteiger partial charge in [0.25, 0.3) is 0 Å². The zero-order valence-corrected chi connectivity index (χ0v) is 8.97. The smallest absolute Gasteiger partial charge is 0.236 e. The van der Waals surface area contributed by atoms with Crippen molar-refractivity contribution in [3.63, 3.8) is 0 Å². The van der Waals surface area contributed by atoms with E-state index in [9.17, 15) is 4.79 Å². The number of carbonyl (C=O) groups excluding carboxylic acids is 1. The Labute approximate surface area is 86.2 Å². The van der Waals surface area contributed by atoms with Gasteiger partial charge in [-0.2, -0.15) is 0 Å². The van der Waals surface area contributed by atoms with Crippen molar-refractivity contribution in [1.82, 2.24) is 10.2 Å². The minimum absolute atomic E-state index is 0.0609. The summed E-state index contributed by atoms with van der Waals surface area (Å²) in [4.78, 5) is 13.3. The number of nitrogens with zero attached hydrogens (tertiary/aromatic N) is 1. The van der Waals surface area contributed by atoms with Crippen LogP contribution in [0, 0.1) is 12.3 Å². The molecule has 3 heteroatoms. The molecular weight excluding hydrogens is 176 g/mol. The Kier molecular flexibility index (Phi) is 6.51. The van der Waals surface area contributed by atoms with E-state index in [1.807, 2.05) is 13.8 Å². The number of rotatable bonds is 6. The van der Waals surface area contributed by atoms with Crippen molar-refractivity contribution in [2.45, 2.75) is 13.8 Å². The van der Waals surface area contributed by atoms with Gasteiger partial charge >= 0.3 is 0 Å². The number of terminal acetylenes is 1. The van der Waals surface area contributed by atoms with Crippen molar-refractivity contribution in [2.24, 2.45) is 0 Å². The Morgan fingerprint density at radius 1 is 1.64 bits per heavy atom. The molecule has 0 fully saturated rings. The number of carbonyl (C=O) groups is 1. The van der Waals surface area contributed by atoms with E-state index in [0.29, 0.717) is 26.2 Å². The highest BCUT2D eigenvalue weighted by Gasteiger charge is 2.09. The fourth-order valence-electron chi connectivity index (χ4n) is 1.06. The molecule has 3 nitrogen and oxygen atoms in total. The van der Waals surface area contributed by atoms with Crippen LogP contribution < -0.4 is 5.32 Å². The molecule has 0 aliphatic rings. The predicted octanol–water partition coefficient (Wildman–Crippen LogP) is 0.634. The van der Waals surface area contributed by atoms with Gasteiger partial charge in [0.1, 0.15) is 0 Å². The molecule has 0 saturated carbocycles. The predicted molar refractivity (Wildman–Crippen MR) is 58.8 cm³/mol. The molecule has 0 rings (SSSR count). The van der Waals surface area contributed by atoms with E-state index in [0.717, 1.165) is 5.57 Å². The lowest BCUT2D eigenvalue weighted by molar-refractivity contribution is -0.129. The fourth-order valence-corrected chi connectivity index (χ4v) is 1.06. The summed E-state index contributed by atoms with van der Waals surface area (Å²) in [7, 11) is 0. The van der Waals surface area contributed by atoms with Crippen molar-refractivity contribution < 1.29 is 4.79 Å². The van der Waals surface area contributed by atoms with Crippen molar-refractivity contribution in [1.29, 1.82) is 0 Å². The number of likely N-dealkylation sites (N-methyl/N-ethyl adjacent to an activating group) is 1. The zero-order chi connectivity index (χ0) is 11.0.